The number of nitrogens with zero attached hydrogens (tertiary/aromatic N) is 1. The average molecular weight is 311 g/mol. The molecule has 1 fully saturated rings. The monoisotopic (exact) mass is 311 g/mol. The molecule has 3 nitrogen and oxygen atoms in total. The predicted molar refractivity (Wildman–Crippen MR) is 93.6 cm³/mol. The highest BCUT2D eigenvalue weighted by Gasteiger charge is 2.28. The van der Waals surface area contributed by atoms with Gasteiger partial charge in [-0.1, -0.05) is 50.2 Å². The number of piperidine rings is 1. The van der Waals surface area contributed by atoms with Crippen molar-refractivity contribution in [2.45, 2.75) is 39.2 Å². The molecular formula is C20H25NO2. The van der Waals surface area contributed by atoms with Gasteiger partial charge in [0.05, 0.1) is 0 Å². The number of benzene rings is 2. The quantitative estimate of drug-likeness (QED) is 0.844. The van der Waals surface area contributed by atoms with Gasteiger partial charge in [0.1, 0.15) is 5.75 Å². The van der Waals surface area contributed by atoms with Crippen molar-refractivity contribution >= 4 is 16.7 Å². The molecule has 0 bridgehead atoms. The van der Waals surface area contributed by atoms with E-state index in [0.717, 1.165) is 36.0 Å². The molecule has 1 amide bonds. The van der Waals surface area contributed by atoms with Crippen molar-refractivity contribution in [1.29, 1.82) is 0 Å². The molecule has 2 atom stereocenters. The maximum Gasteiger partial charge on any atom is 0.263 e. The van der Waals surface area contributed by atoms with Gasteiger partial charge in [0.25, 0.3) is 5.91 Å². The lowest BCUT2D eigenvalue weighted by Gasteiger charge is -2.33. The summed E-state index contributed by atoms with van der Waals surface area (Å²) in [5, 5.41) is 2.20. The highest BCUT2D eigenvalue weighted by Crippen LogP contribution is 2.27. The number of amides is 1. The maximum atomic E-state index is 12.8. The Hall–Kier alpha value is -2.03. The van der Waals surface area contributed by atoms with Gasteiger partial charge in [-0.2, -0.15) is 0 Å². The van der Waals surface area contributed by atoms with Crippen molar-refractivity contribution in [2.75, 3.05) is 13.1 Å². The molecular weight excluding hydrogens is 286 g/mol. The van der Waals surface area contributed by atoms with Gasteiger partial charge in [0.2, 0.25) is 0 Å². The van der Waals surface area contributed by atoms with Crippen LogP contribution in [0.5, 0.6) is 5.75 Å². The molecule has 1 aliphatic heterocycles. The van der Waals surface area contributed by atoms with E-state index in [2.05, 4.69) is 19.1 Å². The largest absolute Gasteiger partial charge is 0.480 e. The zero-order valence-corrected chi connectivity index (χ0v) is 14.0. The third-order valence-corrected chi connectivity index (χ3v) is 4.63. The van der Waals surface area contributed by atoms with Gasteiger partial charge in [-0.15, -0.1) is 0 Å². The summed E-state index contributed by atoms with van der Waals surface area (Å²) in [5.74, 6) is 1.52. The van der Waals surface area contributed by atoms with Crippen LogP contribution in [0, 0.1) is 5.92 Å². The van der Waals surface area contributed by atoms with Crippen molar-refractivity contribution in [3.63, 3.8) is 0 Å². The minimum Gasteiger partial charge on any atom is -0.480 e. The Morgan fingerprint density at radius 3 is 2.83 bits per heavy atom. The van der Waals surface area contributed by atoms with Crippen LogP contribution in [0.2, 0.25) is 0 Å². The Morgan fingerprint density at radius 2 is 2.04 bits per heavy atom. The first kappa shape index (κ1) is 15.9. The molecule has 23 heavy (non-hydrogen) atoms. The molecule has 1 heterocycles. The molecule has 0 unspecified atom stereocenters. The third-order valence-electron chi connectivity index (χ3n) is 4.63. The number of carbonyl (C=O) groups excluding carboxylic acids is 1. The predicted octanol–water partition coefficient (Wildman–Crippen LogP) is 4.26. The molecule has 2 aromatic carbocycles. The second kappa shape index (κ2) is 7.03. The van der Waals surface area contributed by atoms with E-state index in [4.69, 9.17) is 4.74 Å². The van der Waals surface area contributed by atoms with Crippen LogP contribution in [0.4, 0.5) is 0 Å². The normalized spacial score (nSPS) is 19.6. The summed E-state index contributed by atoms with van der Waals surface area (Å²) in [5.41, 5.74) is 0. The number of rotatable bonds is 4. The maximum absolute atomic E-state index is 12.8. The van der Waals surface area contributed by atoms with Gasteiger partial charge in [-0.05, 0) is 36.6 Å². The van der Waals surface area contributed by atoms with Crippen LogP contribution in [0.25, 0.3) is 10.8 Å². The lowest BCUT2D eigenvalue weighted by Crippen LogP contribution is -2.46. The zero-order valence-electron chi connectivity index (χ0n) is 14.0. The molecule has 1 saturated heterocycles. The topological polar surface area (TPSA) is 29.5 Å². The van der Waals surface area contributed by atoms with Crippen LogP contribution in [0.3, 0.4) is 0 Å². The number of carbonyl (C=O) groups is 1. The van der Waals surface area contributed by atoms with E-state index >= 15 is 0 Å². The van der Waals surface area contributed by atoms with Gasteiger partial charge in [-0.25, -0.2) is 0 Å². The van der Waals surface area contributed by atoms with Gasteiger partial charge in [0.15, 0.2) is 6.10 Å². The SMILES string of the molecule is CC[C@H](Oc1cccc2ccccc12)C(=O)N1CCC[C@@H](C)C1. The standard InChI is InChI=1S/C20H25NO2/c1-3-18(20(22)21-13-7-8-15(2)14-21)23-19-12-6-10-16-9-4-5-11-17(16)19/h4-6,9-12,15,18H,3,7-8,13-14H2,1-2H3/t15-,18+/m1/s1. The number of fused-ring (bicyclic) bond motifs is 1. The Morgan fingerprint density at radius 1 is 1.26 bits per heavy atom. The summed E-state index contributed by atoms with van der Waals surface area (Å²) in [7, 11) is 0. The summed E-state index contributed by atoms with van der Waals surface area (Å²) in [6, 6.07) is 14.1. The van der Waals surface area contributed by atoms with E-state index in [9.17, 15) is 4.79 Å². The van der Waals surface area contributed by atoms with Crippen LogP contribution in [0.15, 0.2) is 42.5 Å². The van der Waals surface area contributed by atoms with E-state index in [0.29, 0.717) is 12.3 Å². The minimum atomic E-state index is -0.397. The van der Waals surface area contributed by atoms with Crippen LogP contribution in [0.1, 0.15) is 33.1 Å². The molecule has 1 aliphatic rings. The lowest BCUT2D eigenvalue weighted by atomic mass is 9.99. The van der Waals surface area contributed by atoms with E-state index in [1.54, 1.807) is 0 Å². The summed E-state index contributed by atoms with van der Waals surface area (Å²) in [6.07, 6.45) is 2.60. The molecule has 122 valence electrons. The molecule has 3 heteroatoms. The summed E-state index contributed by atoms with van der Waals surface area (Å²) in [4.78, 5) is 14.8. The fraction of sp³-hybridized carbons (Fsp3) is 0.450. The Balaban J connectivity index is 1.79. The third kappa shape index (κ3) is 3.49. The zero-order chi connectivity index (χ0) is 16.2. The first-order valence-electron chi connectivity index (χ1n) is 8.62. The first-order chi connectivity index (χ1) is 11.2. The smallest absolute Gasteiger partial charge is 0.263 e. The number of likely N-dealkylation sites (tertiary alicyclic amines) is 1. The molecule has 3 rings (SSSR count). The van der Waals surface area contributed by atoms with Crippen LogP contribution >= 0.6 is 0 Å². The van der Waals surface area contributed by atoms with Gasteiger partial charge in [-0.3, -0.25) is 4.79 Å². The average Bonchev–Trinajstić information content (AvgIpc) is 2.59. The van der Waals surface area contributed by atoms with Crippen molar-refractivity contribution in [2.24, 2.45) is 5.92 Å². The van der Waals surface area contributed by atoms with E-state index in [-0.39, 0.29) is 5.91 Å². The van der Waals surface area contributed by atoms with E-state index in [1.165, 1.54) is 6.42 Å². The number of hydrogen-bond donors (Lipinski definition) is 0. The molecule has 0 aromatic heterocycles. The summed E-state index contributed by atoms with van der Waals surface area (Å²) >= 11 is 0. The second-order valence-corrected chi connectivity index (χ2v) is 6.52. The summed E-state index contributed by atoms with van der Waals surface area (Å²) in [6.45, 7) is 5.94. The van der Waals surface area contributed by atoms with Crippen LogP contribution < -0.4 is 4.74 Å². The Labute approximate surface area is 138 Å². The van der Waals surface area contributed by atoms with Crippen molar-refractivity contribution in [3.05, 3.63) is 42.5 Å². The molecule has 0 saturated carbocycles. The van der Waals surface area contributed by atoms with Crippen molar-refractivity contribution < 1.29 is 9.53 Å². The molecule has 0 spiro atoms. The highest BCUT2D eigenvalue weighted by atomic mass is 16.5. The van der Waals surface area contributed by atoms with Crippen molar-refractivity contribution in [3.8, 4) is 5.75 Å². The fourth-order valence-corrected chi connectivity index (χ4v) is 3.35. The Bertz CT molecular complexity index is 677. The van der Waals surface area contributed by atoms with Gasteiger partial charge in [0, 0.05) is 18.5 Å². The van der Waals surface area contributed by atoms with Gasteiger partial charge >= 0.3 is 0 Å². The lowest BCUT2D eigenvalue weighted by molar-refractivity contribution is -0.140. The van der Waals surface area contributed by atoms with Crippen LogP contribution in [-0.4, -0.2) is 30.0 Å². The Kier molecular flexibility index (Phi) is 4.85. The van der Waals surface area contributed by atoms with Crippen molar-refractivity contribution in [1.82, 2.24) is 4.90 Å². The molecule has 2 aromatic rings. The van der Waals surface area contributed by atoms with Crippen LogP contribution in [-0.2, 0) is 4.79 Å². The summed E-state index contributed by atoms with van der Waals surface area (Å²) < 4.78 is 6.14. The number of hydrogen-bond acceptors (Lipinski definition) is 2. The first-order valence-corrected chi connectivity index (χ1v) is 8.62. The van der Waals surface area contributed by atoms with E-state index < -0.39 is 6.10 Å². The highest BCUT2D eigenvalue weighted by molar-refractivity contribution is 5.89. The van der Waals surface area contributed by atoms with Gasteiger partial charge < -0.3 is 9.64 Å². The second-order valence-electron chi connectivity index (χ2n) is 6.52. The minimum absolute atomic E-state index is 0.131. The number of ether oxygens (including phenoxy) is 1. The molecule has 0 N–H and O–H groups in total. The molecule has 0 radical (unpaired) electrons. The van der Waals surface area contributed by atoms with E-state index in [1.807, 2.05) is 42.2 Å². The fourth-order valence-electron chi connectivity index (χ4n) is 3.35. The molecule has 0 aliphatic carbocycles.